The third kappa shape index (κ3) is 5.44. The average molecular weight is 401 g/mol. The fourth-order valence-electron chi connectivity index (χ4n) is 3.41. The molecule has 0 saturated heterocycles. The molecule has 0 aliphatic heterocycles. The highest BCUT2D eigenvalue weighted by atomic mass is 19.3. The zero-order valence-electron chi connectivity index (χ0n) is 15.8. The first kappa shape index (κ1) is 20.6. The second-order valence-corrected chi connectivity index (χ2v) is 7.34. The molecule has 0 unspecified atom stereocenters. The number of hydrogen-bond acceptors (Lipinski definition) is 3. The summed E-state index contributed by atoms with van der Waals surface area (Å²) in [7, 11) is 0. The summed E-state index contributed by atoms with van der Waals surface area (Å²) in [4.78, 5) is 14.0. The minimum absolute atomic E-state index is 0.0462. The SMILES string of the molecule is C#CCN(Cc1ccc(F)cc1)c1ccc(NC(=O)CC2CC(F)(F)C2)c(N)c1. The predicted octanol–water partition coefficient (Wildman–Crippen LogP) is 4.42. The number of amides is 1. The van der Waals surface area contributed by atoms with E-state index in [4.69, 9.17) is 12.2 Å². The minimum Gasteiger partial charge on any atom is -0.397 e. The number of nitrogens with two attached hydrogens (primary N) is 1. The van der Waals surface area contributed by atoms with Gasteiger partial charge in [0.25, 0.3) is 0 Å². The molecule has 1 amide bonds. The third-order valence-corrected chi connectivity index (χ3v) is 4.89. The van der Waals surface area contributed by atoms with E-state index in [-0.39, 0.29) is 36.9 Å². The van der Waals surface area contributed by atoms with Crippen molar-refractivity contribution in [1.29, 1.82) is 0 Å². The van der Waals surface area contributed by atoms with Crippen molar-refractivity contribution in [3.05, 3.63) is 53.8 Å². The number of benzene rings is 2. The molecule has 152 valence electrons. The summed E-state index contributed by atoms with van der Waals surface area (Å²) in [5.41, 5.74) is 8.48. The van der Waals surface area contributed by atoms with Gasteiger partial charge in [-0.15, -0.1) is 6.42 Å². The maximum atomic E-state index is 13.1. The van der Waals surface area contributed by atoms with Crippen LogP contribution in [0.4, 0.5) is 30.2 Å². The Morgan fingerprint density at radius 3 is 2.52 bits per heavy atom. The van der Waals surface area contributed by atoms with E-state index in [1.54, 1.807) is 30.3 Å². The van der Waals surface area contributed by atoms with Crippen molar-refractivity contribution in [3.8, 4) is 12.3 Å². The molecular weight excluding hydrogens is 379 g/mol. The number of rotatable bonds is 7. The first-order valence-electron chi connectivity index (χ1n) is 9.26. The van der Waals surface area contributed by atoms with Crippen molar-refractivity contribution in [2.24, 2.45) is 5.92 Å². The highest BCUT2D eigenvalue weighted by Gasteiger charge is 2.45. The van der Waals surface area contributed by atoms with E-state index in [1.807, 2.05) is 4.90 Å². The quantitative estimate of drug-likeness (QED) is 0.533. The van der Waals surface area contributed by atoms with Crippen LogP contribution in [-0.2, 0) is 11.3 Å². The number of nitrogens with zero attached hydrogens (tertiary/aromatic N) is 1. The molecule has 0 spiro atoms. The van der Waals surface area contributed by atoms with Crippen molar-refractivity contribution >= 4 is 23.0 Å². The molecule has 29 heavy (non-hydrogen) atoms. The van der Waals surface area contributed by atoms with Crippen molar-refractivity contribution in [2.45, 2.75) is 31.7 Å². The van der Waals surface area contributed by atoms with Crippen LogP contribution in [0.3, 0.4) is 0 Å². The van der Waals surface area contributed by atoms with Gasteiger partial charge in [0.05, 0.1) is 17.9 Å². The van der Waals surface area contributed by atoms with E-state index in [0.717, 1.165) is 11.3 Å². The van der Waals surface area contributed by atoms with Crippen LogP contribution in [0.25, 0.3) is 0 Å². The molecule has 0 bridgehead atoms. The molecule has 0 radical (unpaired) electrons. The van der Waals surface area contributed by atoms with Crippen molar-refractivity contribution in [2.75, 3.05) is 22.5 Å². The Labute approximate surface area is 167 Å². The number of hydrogen-bond donors (Lipinski definition) is 2. The molecule has 0 heterocycles. The van der Waals surface area contributed by atoms with E-state index < -0.39 is 5.92 Å². The number of halogens is 3. The summed E-state index contributed by atoms with van der Waals surface area (Å²) in [5, 5.41) is 2.68. The molecule has 3 N–H and O–H groups in total. The standard InChI is InChI=1S/C22H22F3N3O/c1-2-9-28(14-15-3-5-17(23)6-4-15)18-7-8-20(19(26)11-18)27-21(29)10-16-12-22(24,25)13-16/h1,3-8,11,16H,9-10,12-14,26H2,(H,27,29). The largest absolute Gasteiger partial charge is 0.397 e. The Morgan fingerprint density at radius 1 is 1.24 bits per heavy atom. The Bertz CT molecular complexity index is 914. The third-order valence-electron chi connectivity index (χ3n) is 4.89. The molecule has 2 aromatic carbocycles. The Balaban J connectivity index is 1.65. The highest BCUT2D eigenvalue weighted by Crippen LogP contribution is 2.44. The normalized spacial score (nSPS) is 15.2. The second-order valence-electron chi connectivity index (χ2n) is 7.34. The van der Waals surface area contributed by atoms with Gasteiger partial charge in [0.15, 0.2) is 0 Å². The first-order valence-corrected chi connectivity index (χ1v) is 9.26. The van der Waals surface area contributed by atoms with Crippen LogP contribution in [-0.4, -0.2) is 18.4 Å². The molecule has 1 saturated carbocycles. The fraction of sp³-hybridized carbons (Fsp3) is 0.318. The van der Waals surface area contributed by atoms with Gasteiger partial charge in [-0.3, -0.25) is 4.79 Å². The molecule has 1 fully saturated rings. The van der Waals surface area contributed by atoms with Gasteiger partial charge in [0.2, 0.25) is 11.8 Å². The zero-order valence-corrected chi connectivity index (χ0v) is 15.8. The maximum Gasteiger partial charge on any atom is 0.248 e. The summed E-state index contributed by atoms with van der Waals surface area (Å²) in [6.07, 6.45) is 5.01. The monoisotopic (exact) mass is 401 g/mol. The van der Waals surface area contributed by atoms with Gasteiger partial charge in [-0.25, -0.2) is 13.2 Å². The molecule has 1 aliphatic rings. The average Bonchev–Trinajstić information content (AvgIpc) is 2.63. The summed E-state index contributed by atoms with van der Waals surface area (Å²) in [6, 6.07) is 11.2. The van der Waals surface area contributed by atoms with Crippen molar-refractivity contribution in [3.63, 3.8) is 0 Å². The van der Waals surface area contributed by atoms with E-state index >= 15 is 0 Å². The van der Waals surface area contributed by atoms with Crippen LogP contribution in [0.2, 0.25) is 0 Å². The zero-order chi connectivity index (χ0) is 21.0. The maximum absolute atomic E-state index is 13.1. The molecule has 4 nitrogen and oxygen atoms in total. The number of carbonyl (C=O) groups is 1. The lowest BCUT2D eigenvalue weighted by Gasteiger charge is -2.34. The molecule has 2 aromatic rings. The number of nitrogen functional groups attached to an aromatic ring is 1. The molecule has 0 aromatic heterocycles. The summed E-state index contributed by atoms with van der Waals surface area (Å²) in [5.74, 6) is -1.00. The Morgan fingerprint density at radius 2 is 1.93 bits per heavy atom. The molecule has 3 rings (SSSR count). The minimum atomic E-state index is -2.64. The van der Waals surface area contributed by atoms with Gasteiger partial charge in [0.1, 0.15) is 5.82 Å². The second kappa shape index (κ2) is 8.48. The summed E-state index contributed by atoms with van der Waals surface area (Å²) in [6.45, 7) is 0.782. The van der Waals surface area contributed by atoms with Gasteiger partial charge < -0.3 is 16.0 Å². The number of anilines is 3. The van der Waals surface area contributed by atoms with E-state index in [1.165, 1.54) is 12.1 Å². The van der Waals surface area contributed by atoms with Crippen LogP contribution in [0, 0.1) is 24.1 Å². The number of terminal acetylenes is 1. The summed E-state index contributed by atoms with van der Waals surface area (Å²) >= 11 is 0. The van der Waals surface area contributed by atoms with Crippen LogP contribution >= 0.6 is 0 Å². The summed E-state index contributed by atoms with van der Waals surface area (Å²) < 4.78 is 38.9. The van der Waals surface area contributed by atoms with E-state index in [0.29, 0.717) is 24.5 Å². The smallest absolute Gasteiger partial charge is 0.248 e. The predicted molar refractivity (Wildman–Crippen MR) is 108 cm³/mol. The number of alkyl halides is 2. The van der Waals surface area contributed by atoms with Crippen LogP contribution in [0.1, 0.15) is 24.8 Å². The first-order chi connectivity index (χ1) is 13.8. The van der Waals surface area contributed by atoms with Crippen LogP contribution < -0.4 is 16.0 Å². The van der Waals surface area contributed by atoms with E-state index in [9.17, 15) is 18.0 Å². The topological polar surface area (TPSA) is 58.4 Å². The number of carbonyl (C=O) groups excluding carboxylic acids is 1. The fourth-order valence-corrected chi connectivity index (χ4v) is 3.41. The molecule has 0 atom stereocenters. The van der Waals surface area contributed by atoms with Crippen molar-refractivity contribution < 1.29 is 18.0 Å². The lowest BCUT2D eigenvalue weighted by atomic mass is 9.79. The van der Waals surface area contributed by atoms with Gasteiger partial charge in [-0.1, -0.05) is 18.1 Å². The lowest BCUT2D eigenvalue weighted by Crippen LogP contribution is -2.37. The Hall–Kier alpha value is -3.14. The van der Waals surface area contributed by atoms with Crippen molar-refractivity contribution in [1.82, 2.24) is 0 Å². The van der Waals surface area contributed by atoms with E-state index in [2.05, 4.69) is 11.2 Å². The lowest BCUT2D eigenvalue weighted by molar-refractivity contribution is -0.129. The molecule has 7 heteroatoms. The van der Waals surface area contributed by atoms with Crippen LogP contribution in [0.5, 0.6) is 0 Å². The Kier molecular flexibility index (Phi) is 6.02. The van der Waals surface area contributed by atoms with Gasteiger partial charge in [-0.2, -0.15) is 0 Å². The molecular formula is C22H22F3N3O. The van der Waals surface area contributed by atoms with Gasteiger partial charge >= 0.3 is 0 Å². The van der Waals surface area contributed by atoms with Gasteiger partial charge in [-0.05, 0) is 41.8 Å². The molecule has 1 aliphatic carbocycles. The van der Waals surface area contributed by atoms with Gasteiger partial charge in [0, 0.05) is 31.5 Å². The number of nitrogens with one attached hydrogen (secondary N) is 1. The highest BCUT2D eigenvalue weighted by molar-refractivity contribution is 5.94. The van der Waals surface area contributed by atoms with Crippen LogP contribution in [0.15, 0.2) is 42.5 Å².